The fourth-order valence-electron chi connectivity index (χ4n) is 3.30. The number of nitrogens with one attached hydrogen (secondary N) is 1. The SMILES string of the molecule is CC(Cc1ccccc1)N1CCNCC1c1ccccc1. The van der Waals surface area contributed by atoms with Crippen LogP contribution in [0.3, 0.4) is 0 Å². The minimum atomic E-state index is 0.485. The van der Waals surface area contributed by atoms with Crippen LogP contribution >= 0.6 is 0 Å². The quantitative estimate of drug-likeness (QED) is 0.924. The van der Waals surface area contributed by atoms with Crippen molar-refractivity contribution in [3.8, 4) is 0 Å². The molecule has 2 nitrogen and oxygen atoms in total. The van der Waals surface area contributed by atoms with Gasteiger partial charge in [0.2, 0.25) is 0 Å². The summed E-state index contributed by atoms with van der Waals surface area (Å²) in [6.45, 7) is 5.60. The van der Waals surface area contributed by atoms with Crippen molar-refractivity contribution in [1.29, 1.82) is 0 Å². The van der Waals surface area contributed by atoms with Crippen molar-refractivity contribution >= 4 is 0 Å². The van der Waals surface area contributed by atoms with E-state index >= 15 is 0 Å². The number of rotatable bonds is 4. The van der Waals surface area contributed by atoms with Crippen molar-refractivity contribution in [2.24, 2.45) is 0 Å². The van der Waals surface area contributed by atoms with Gasteiger partial charge in [0, 0.05) is 31.7 Å². The third kappa shape index (κ3) is 3.52. The number of nitrogens with zero attached hydrogens (tertiary/aromatic N) is 1. The van der Waals surface area contributed by atoms with Crippen molar-refractivity contribution in [2.45, 2.75) is 25.4 Å². The number of hydrogen-bond acceptors (Lipinski definition) is 2. The van der Waals surface area contributed by atoms with Gasteiger partial charge >= 0.3 is 0 Å². The first-order chi connectivity index (χ1) is 10.3. The van der Waals surface area contributed by atoms with E-state index < -0.39 is 0 Å². The molecule has 2 heteroatoms. The molecule has 0 radical (unpaired) electrons. The molecule has 2 unspecified atom stereocenters. The Kier molecular flexibility index (Phi) is 4.69. The molecule has 1 saturated heterocycles. The second-order valence-corrected chi connectivity index (χ2v) is 5.91. The molecule has 0 bridgehead atoms. The van der Waals surface area contributed by atoms with Gasteiger partial charge in [-0.05, 0) is 24.5 Å². The fraction of sp³-hybridized carbons (Fsp3) is 0.368. The van der Waals surface area contributed by atoms with Gasteiger partial charge in [-0.25, -0.2) is 0 Å². The van der Waals surface area contributed by atoms with Gasteiger partial charge in [0.15, 0.2) is 0 Å². The summed E-state index contributed by atoms with van der Waals surface area (Å²) in [4.78, 5) is 2.65. The summed E-state index contributed by atoms with van der Waals surface area (Å²) in [5.41, 5.74) is 2.85. The lowest BCUT2D eigenvalue weighted by molar-refractivity contribution is 0.114. The standard InChI is InChI=1S/C19H24N2/c1-16(14-17-8-4-2-5-9-17)21-13-12-20-15-19(21)18-10-6-3-7-11-18/h2-11,16,19-20H,12-15H2,1H3. The summed E-state index contributed by atoms with van der Waals surface area (Å²) in [6.07, 6.45) is 1.12. The van der Waals surface area contributed by atoms with Gasteiger partial charge < -0.3 is 5.32 Å². The van der Waals surface area contributed by atoms with E-state index in [4.69, 9.17) is 0 Å². The van der Waals surface area contributed by atoms with Gasteiger partial charge in [0.05, 0.1) is 0 Å². The van der Waals surface area contributed by atoms with Crippen LogP contribution in [0.15, 0.2) is 60.7 Å². The highest BCUT2D eigenvalue weighted by Crippen LogP contribution is 2.25. The molecule has 2 aromatic carbocycles. The zero-order valence-electron chi connectivity index (χ0n) is 12.7. The van der Waals surface area contributed by atoms with Crippen LogP contribution < -0.4 is 5.32 Å². The molecule has 3 rings (SSSR count). The van der Waals surface area contributed by atoms with Crippen molar-refractivity contribution in [3.05, 3.63) is 71.8 Å². The highest BCUT2D eigenvalue weighted by atomic mass is 15.2. The second kappa shape index (κ2) is 6.88. The maximum Gasteiger partial charge on any atom is 0.0476 e. The Morgan fingerprint density at radius 2 is 1.71 bits per heavy atom. The maximum absolute atomic E-state index is 3.54. The van der Waals surface area contributed by atoms with Crippen LogP contribution in [0.4, 0.5) is 0 Å². The summed E-state index contributed by atoms with van der Waals surface area (Å²) in [6, 6.07) is 22.7. The zero-order valence-corrected chi connectivity index (χ0v) is 12.7. The first-order valence-corrected chi connectivity index (χ1v) is 7.90. The van der Waals surface area contributed by atoms with E-state index in [0.29, 0.717) is 12.1 Å². The smallest absolute Gasteiger partial charge is 0.0476 e. The van der Waals surface area contributed by atoms with Gasteiger partial charge in [-0.3, -0.25) is 4.90 Å². The summed E-state index contributed by atoms with van der Waals surface area (Å²) in [7, 11) is 0. The third-order valence-electron chi connectivity index (χ3n) is 4.41. The van der Waals surface area contributed by atoms with Gasteiger partial charge in [0.25, 0.3) is 0 Å². The largest absolute Gasteiger partial charge is 0.314 e. The van der Waals surface area contributed by atoms with Crippen molar-refractivity contribution in [1.82, 2.24) is 10.2 Å². The van der Waals surface area contributed by atoms with Crippen LogP contribution in [0.5, 0.6) is 0 Å². The Morgan fingerprint density at radius 3 is 2.43 bits per heavy atom. The van der Waals surface area contributed by atoms with E-state index in [2.05, 4.69) is 77.8 Å². The number of piperazine rings is 1. The molecular weight excluding hydrogens is 256 g/mol. The van der Waals surface area contributed by atoms with E-state index in [9.17, 15) is 0 Å². The first kappa shape index (κ1) is 14.3. The van der Waals surface area contributed by atoms with Crippen LogP contribution in [0.2, 0.25) is 0 Å². The summed E-state index contributed by atoms with van der Waals surface area (Å²) < 4.78 is 0. The molecule has 1 aliphatic heterocycles. The van der Waals surface area contributed by atoms with Crippen molar-refractivity contribution in [3.63, 3.8) is 0 Å². The van der Waals surface area contributed by atoms with Gasteiger partial charge in [-0.2, -0.15) is 0 Å². The van der Waals surface area contributed by atoms with E-state index in [0.717, 1.165) is 26.1 Å². The minimum Gasteiger partial charge on any atom is -0.314 e. The minimum absolute atomic E-state index is 0.485. The first-order valence-electron chi connectivity index (χ1n) is 7.90. The molecule has 0 saturated carbocycles. The van der Waals surface area contributed by atoms with Gasteiger partial charge in [-0.15, -0.1) is 0 Å². The molecule has 0 aliphatic carbocycles. The Labute approximate surface area is 127 Å². The van der Waals surface area contributed by atoms with E-state index in [-0.39, 0.29) is 0 Å². The van der Waals surface area contributed by atoms with Crippen LogP contribution in [0.25, 0.3) is 0 Å². The van der Waals surface area contributed by atoms with Crippen LogP contribution in [-0.2, 0) is 6.42 Å². The number of hydrogen-bond donors (Lipinski definition) is 1. The molecular formula is C19H24N2. The Bertz CT molecular complexity index is 538. The average Bonchev–Trinajstić information content (AvgIpc) is 2.56. The molecule has 1 heterocycles. The molecule has 0 amide bonds. The summed E-state index contributed by atoms with van der Waals surface area (Å²) in [5.74, 6) is 0. The van der Waals surface area contributed by atoms with Crippen LogP contribution in [0, 0.1) is 0 Å². The lowest BCUT2D eigenvalue weighted by atomic mass is 9.98. The Balaban J connectivity index is 1.75. The zero-order chi connectivity index (χ0) is 14.5. The highest BCUT2D eigenvalue weighted by Gasteiger charge is 2.27. The average molecular weight is 280 g/mol. The molecule has 1 N–H and O–H groups in total. The predicted octanol–water partition coefficient (Wildman–Crippen LogP) is 3.26. The molecule has 1 aliphatic rings. The number of benzene rings is 2. The third-order valence-corrected chi connectivity index (χ3v) is 4.41. The molecule has 0 aromatic heterocycles. The van der Waals surface area contributed by atoms with E-state index in [1.807, 2.05) is 0 Å². The van der Waals surface area contributed by atoms with Crippen LogP contribution in [0.1, 0.15) is 24.1 Å². The monoisotopic (exact) mass is 280 g/mol. The maximum atomic E-state index is 3.54. The molecule has 2 atom stereocenters. The topological polar surface area (TPSA) is 15.3 Å². The summed E-state index contributed by atoms with van der Waals surface area (Å²) in [5, 5.41) is 3.54. The molecule has 110 valence electrons. The van der Waals surface area contributed by atoms with E-state index in [1.54, 1.807) is 0 Å². The van der Waals surface area contributed by atoms with E-state index in [1.165, 1.54) is 11.1 Å². The lowest BCUT2D eigenvalue weighted by Gasteiger charge is -2.40. The van der Waals surface area contributed by atoms with Gasteiger partial charge in [0.1, 0.15) is 0 Å². The molecule has 2 aromatic rings. The predicted molar refractivity (Wildman–Crippen MR) is 88.4 cm³/mol. The fourth-order valence-corrected chi connectivity index (χ4v) is 3.30. The van der Waals surface area contributed by atoms with Gasteiger partial charge in [-0.1, -0.05) is 60.7 Å². The molecule has 1 fully saturated rings. The van der Waals surface area contributed by atoms with Crippen LogP contribution in [-0.4, -0.2) is 30.6 Å². The lowest BCUT2D eigenvalue weighted by Crippen LogP contribution is -2.50. The summed E-state index contributed by atoms with van der Waals surface area (Å²) >= 11 is 0. The molecule has 21 heavy (non-hydrogen) atoms. The molecule has 0 spiro atoms. The van der Waals surface area contributed by atoms with Crippen molar-refractivity contribution < 1.29 is 0 Å². The Morgan fingerprint density at radius 1 is 1.05 bits per heavy atom. The normalized spacial score (nSPS) is 21.1. The Hall–Kier alpha value is -1.64. The second-order valence-electron chi connectivity index (χ2n) is 5.91. The van der Waals surface area contributed by atoms with Crippen molar-refractivity contribution in [2.75, 3.05) is 19.6 Å². The highest BCUT2D eigenvalue weighted by molar-refractivity contribution is 5.21.